The molecule has 2 aromatic rings. The number of ketones is 1. The fourth-order valence-corrected chi connectivity index (χ4v) is 2.32. The first-order valence-electron chi connectivity index (χ1n) is 8.24. The first-order valence-corrected chi connectivity index (χ1v) is 9.03. The quantitative estimate of drug-likeness (QED) is 0.369. The second-order valence-corrected chi connectivity index (χ2v) is 7.49. The Morgan fingerprint density at radius 1 is 0.848 bits per heavy atom. The van der Waals surface area contributed by atoms with Crippen LogP contribution in [0.15, 0.2) is 41.4 Å². The largest absolute Gasteiger partial charge is 0.421 e. The number of aromatic nitrogens is 2. The minimum Gasteiger partial charge on any atom is -0.388 e. The molecule has 0 spiro atoms. The SMILES string of the molecule is C.C.CC(O)(c1cncc(Br)c1)C(F)(F)F.CC(O)(c1cncc(C(=O)CO)c1)C(F)(F)F. The van der Waals surface area contributed by atoms with Crippen LogP contribution in [0.3, 0.4) is 0 Å². The van der Waals surface area contributed by atoms with Gasteiger partial charge in [-0.1, -0.05) is 14.9 Å². The van der Waals surface area contributed by atoms with E-state index >= 15 is 0 Å². The van der Waals surface area contributed by atoms with Gasteiger partial charge in [0.2, 0.25) is 0 Å². The van der Waals surface area contributed by atoms with Crippen molar-refractivity contribution in [1.82, 2.24) is 9.97 Å². The third-order valence-electron chi connectivity index (χ3n) is 4.14. The molecule has 0 amide bonds. The number of pyridine rings is 2. The lowest BCUT2D eigenvalue weighted by Crippen LogP contribution is -2.39. The molecule has 2 unspecified atom stereocenters. The molecule has 2 heterocycles. The standard InChI is InChI=1S/C10H10F3NO3.C8H7BrF3NO.2CH4/c1-9(17,10(11,12)13)7-2-6(3-14-4-7)8(16)5-15;1-7(14,8(10,11)12)5-2-6(9)4-13-3-5;;/h2-4,15,17H,5H2,1H3;2-4,14H,1H3;2*1H4. The molecule has 6 nitrogen and oxygen atoms in total. The van der Waals surface area contributed by atoms with Crippen LogP contribution in [0.25, 0.3) is 0 Å². The number of alkyl halides is 6. The molecular weight excluding hydrogens is 526 g/mol. The molecular formula is C20H25BrF6N2O4. The summed E-state index contributed by atoms with van der Waals surface area (Å²) in [5, 5.41) is 27.2. The predicted molar refractivity (Wildman–Crippen MR) is 112 cm³/mol. The van der Waals surface area contributed by atoms with Gasteiger partial charge in [-0.15, -0.1) is 0 Å². The summed E-state index contributed by atoms with van der Waals surface area (Å²) in [4.78, 5) is 18.1. The van der Waals surface area contributed by atoms with E-state index in [-0.39, 0.29) is 26.0 Å². The van der Waals surface area contributed by atoms with Crippen molar-refractivity contribution in [2.24, 2.45) is 0 Å². The highest BCUT2D eigenvalue weighted by Crippen LogP contribution is 2.39. The third-order valence-corrected chi connectivity index (χ3v) is 4.57. The summed E-state index contributed by atoms with van der Waals surface area (Å²) < 4.78 is 75.0. The normalized spacial score (nSPS) is 14.9. The zero-order valence-electron chi connectivity index (χ0n) is 16.0. The van der Waals surface area contributed by atoms with Crippen molar-refractivity contribution in [2.75, 3.05) is 6.61 Å². The Labute approximate surface area is 195 Å². The minimum absolute atomic E-state index is 0. The Morgan fingerprint density at radius 2 is 1.24 bits per heavy atom. The summed E-state index contributed by atoms with van der Waals surface area (Å²) in [6.45, 7) is 0.424. The molecule has 0 fully saturated rings. The molecule has 2 rings (SSSR count). The van der Waals surface area contributed by atoms with Gasteiger partial charge in [-0.25, -0.2) is 0 Å². The molecule has 0 saturated heterocycles. The highest BCUT2D eigenvalue weighted by atomic mass is 79.9. The van der Waals surface area contributed by atoms with Crippen molar-refractivity contribution < 1.29 is 46.5 Å². The number of nitrogens with zero attached hydrogens (tertiary/aromatic N) is 2. The number of aliphatic hydroxyl groups excluding tert-OH is 1. The van der Waals surface area contributed by atoms with Crippen LogP contribution in [0.5, 0.6) is 0 Å². The summed E-state index contributed by atoms with van der Waals surface area (Å²) >= 11 is 2.98. The van der Waals surface area contributed by atoms with Gasteiger partial charge < -0.3 is 15.3 Å². The first-order chi connectivity index (χ1) is 13.9. The first kappa shape index (κ1) is 33.1. The molecule has 0 radical (unpaired) electrons. The smallest absolute Gasteiger partial charge is 0.388 e. The number of Topliss-reactive ketones (excluding diaryl/α,β-unsaturated/α-hetero) is 1. The van der Waals surface area contributed by atoms with Crippen molar-refractivity contribution in [3.63, 3.8) is 0 Å². The van der Waals surface area contributed by atoms with Gasteiger partial charge in [-0.05, 0) is 41.9 Å². The van der Waals surface area contributed by atoms with Gasteiger partial charge in [-0.2, -0.15) is 26.3 Å². The molecule has 0 aliphatic rings. The summed E-state index contributed by atoms with van der Waals surface area (Å²) in [5.41, 5.74) is -6.99. The van der Waals surface area contributed by atoms with Gasteiger partial charge in [0.15, 0.2) is 17.0 Å². The van der Waals surface area contributed by atoms with Crippen LogP contribution >= 0.6 is 15.9 Å². The van der Waals surface area contributed by atoms with E-state index < -0.39 is 41.5 Å². The number of hydrogen-bond donors (Lipinski definition) is 3. The maximum absolute atomic E-state index is 12.5. The van der Waals surface area contributed by atoms with E-state index in [0.717, 1.165) is 24.7 Å². The number of rotatable bonds is 4. The summed E-state index contributed by atoms with van der Waals surface area (Å²) in [6.07, 6.45) is -5.42. The molecule has 0 saturated carbocycles. The molecule has 0 aliphatic carbocycles. The highest BCUT2D eigenvalue weighted by molar-refractivity contribution is 9.10. The number of carbonyl (C=O) groups excluding carboxylic acids is 1. The number of halogens is 7. The molecule has 0 aliphatic heterocycles. The second kappa shape index (κ2) is 11.9. The van der Waals surface area contributed by atoms with Crippen molar-refractivity contribution in [1.29, 1.82) is 0 Å². The number of carbonyl (C=O) groups is 1. The predicted octanol–water partition coefficient (Wildman–Crippen LogP) is 4.91. The van der Waals surface area contributed by atoms with Crippen LogP contribution in [0.4, 0.5) is 26.3 Å². The number of aliphatic hydroxyl groups is 3. The minimum atomic E-state index is -4.88. The Balaban J connectivity index is 0. The molecule has 3 N–H and O–H groups in total. The summed E-state index contributed by atoms with van der Waals surface area (Å²) in [7, 11) is 0. The fraction of sp³-hybridized carbons (Fsp3) is 0.450. The molecule has 2 atom stereocenters. The van der Waals surface area contributed by atoms with Crippen LogP contribution in [0.1, 0.15) is 50.2 Å². The van der Waals surface area contributed by atoms with Gasteiger partial charge >= 0.3 is 12.4 Å². The molecule has 0 bridgehead atoms. The zero-order chi connectivity index (χ0) is 24.3. The van der Waals surface area contributed by atoms with E-state index in [4.69, 9.17) is 5.11 Å². The van der Waals surface area contributed by atoms with Crippen LogP contribution in [-0.2, 0) is 11.2 Å². The van der Waals surface area contributed by atoms with Crippen LogP contribution in [0, 0.1) is 0 Å². The highest BCUT2D eigenvalue weighted by Gasteiger charge is 2.52. The van der Waals surface area contributed by atoms with Crippen molar-refractivity contribution in [3.8, 4) is 0 Å². The van der Waals surface area contributed by atoms with E-state index in [1.165, 1.54) is 12.3 Å². The van der Waals surface area contributed by atoms with Gasteiger partial charge in [0.25, 0.3) is 0 Å². The van der Waals surface area contributed by atoms with Gasteiger partial charge in [0.05, 0.1) is 0 Å². The Hall–Kier alpha value is -2.09. The maximum Gasteiger partial charge on any atom is 0.421 e. The molecule has 0 aromatic carbocycles. The second-order valence-electron chi connectivity index (χ2n) is 6.58. The summed E-state index contributed by atoms with van der Waals surface area (Å²) in [5.74, 6) is -0.766. The molecule has 13 heteroatoms. The van der Waals surface area contributed by atoms with Crippen molar-refractivity contribution in [2.45, 2.75) is 52.3 Å². The van der Waals surface area contributed by atoms with Crippen molar-refractivity contribution in [3.05, 3.63) is 58.1 Å². The van der Waals surface area contributed by atoms with E-state index in [2.05, 4.69) is 25.9 Å². The van der Waals surface area contributed by atoms with Crippen LogP contribution in [-0.4, -0.2) is 50.0 Å². The van der Waals surface area contributed by atoms with Crippen LogP contribution < -0.4 is 0 Å². The Morgan fingerprint density at radius 3 is 1.61 bits per heavy atom. The lowest BCUT2D eigenvalue weighted by molar-refractivity contribution is -0.259. The molecule has 2 aromatic heterocycles. The van der Waals surface area contributed by atoms with E-state index in [1.807, 2.05) is 0 Å². The molecule has 188 valence electrons. The molecule has 33 heavy (non-hydrogen) atoms. The van der Waals surface area contributed by atoms with E-state index in [0.29, 0.717) is 18.3 Å². The monoisotopic (exact) mass is 550 g/mol. The maximum atomic E-state index is 12.5. The van der Waals surface area contributed by atoms with Gasteiger partial charge in [0, 0.05) is 46.0 Å². The number of hydrogen-bond acceptors (Lipinski definition) is 6. The van der Waals surface area contributed by atoms with E-state index in [1.54, 1.807) is 0 Å². The Kier molecular flexibility index (Phi) is 11.9. The van der Waals surface area contributed by atoms with Crippen LogP contribution in [0.2, 0.25) is 0 Å². The fourth-order valence-electron chi connectivity index (χ4n) is 1.96. The average molecular weight is 551 g/mol. The zero-order valence-corrected chi connectivity index (χ0v) is 17.5. The third kappa shape index (κ3) is 8.02. The average Bonchev–Trinajstić information content (AvgIpc) is 2.66. The van der Waals surface area contributed by atoms with Gasteiger partial charge in [0.1, 0.15) is 6.61 Å². The lowest BCUT2D eigenvalue weighted by Gasteiger charge is -2.26. The van der Waals surface area contributed by atoms with E-state index in [9.17, 15) is 41.4 Å². The lowest BCUT2D eigenvalue weighted by atomic mass is 9.95. The topological polar surface area (TPSA) is 104 Å². The van der Waals surface area contributed by atoms with Crippen molar-refractivity contribution >= 4 is 21.7 Å². The van der Waals surface area contributed by atoms with Gasteiger partial charge in [-0.3, -0.25) is 14.8 Å². The summed E-state index contributed by atoms with van der Waals surface area (Å²) in [6, 6.07) is 2.04. The Bertz CT molecular complexity index is 918.